The zero-order valence-electron chi connectivity index (χ0n) is 18.3. The number of rotatable bonds is 7. The number of hydrogen-bond acceptors (Lipinski definition) is 5. The number of aromatic nitrogens is 3. The Hall–Kier alpha value is -4.49. The van der Waals surface area contributed by atoms with Gasteiger partial charge in [-0.2, -0.15) is 5.10 Å². The molecule has 0 aliphatic carbocycles. The van der Waals surface area contributed by atoms with Crippen LogP contribution in [0.15, 0.2) is 97.3 Å². The lowest BCUT2D eigenvalue weighted by atomic mass is 10.1. The molecule has 0 aliphatic rings. The molecule has 0 radical (unpaired) electrons. The molecule has 0 saturated carbocycles. The molecule has 5 rings (SSSR count). The van der Waals surface area contributed by atoms with Crippen LogP contribution in [0.1, 0.15) is 21.6 Å². The number of anilines is 1. The van der Waals surface area contributed by atoms with Crippen molar-refractivity contribution in [2.75, 3.05) is 5.32 Å². The number of benzene rings is 3. The van der Waals surface area contributed by atoms with Crippen molar-refractivity contribution in [1.29, 1.82) is 0 Å². The lowest BCUT2D eigenvalue weighted by Gasteiger charge is -2.08. The number of carbonyl (C=O) groups is 1. The molecule has 5 aromatic rings. The molecular weight excluding hydrogens is 428 g/mol. The maximum atomic E-state index is 12.7. The van der Waals surface area contributed by atoms with Crippen molar-refractivity contribution in [1.82, 2.24) is 14.6 Å². The summed E-state index contributed by atoms with van der Waals surface area (Å²) in [7, 11) is 0. The number of nitrogens with zero attached hydrogens (tertiary/aromatic N) is 3. The van der Waals surface area contributed by atoms with Crippen LogP contribution >= 0.6 is 0 Å². The van der Waals surface area contributed by atoms with Crippen molar-refractivity contribution in [3.63, 3.8) is 0 Å². The van der Waals surface area contributed by atoms with Gasteiger partial charge in [-0.05, 0) is 47.0 Å². The van der Waals surface area contributed by atoms with E-state index in [-0.39, 0.29) is 18.2 Å². The molecule has 0 spiro atoms. The van der Waals surface area contributed by atoms with Crippen molar-refractivity contribution < 1.29 is 14.6 Å². The van der Waals surface area contributed by atoms with Gasteiger partial charge in [-0.3, -0.25) is 4.79 Å². The third kappa shape index (κ3) is 4.65. The number of nitrogens with one attached hydrogen (secondary N) is 1. The summed E-state index contributed by atoms with van der Waals surface area (Å²) >= 11 is 0. The molecule has 7 heteroatoms. The molecule has 7 nitrogen and oxygen atoms in total. The summed E-state index contributed by atoms with van der Waals surface area (Å²) in [5, 5.41) is 16.4. The third-order valence-corrected chi connectivity index (χ3v) is 5.41. The first kappa shape index (κ1) is 21.4. The first-order valence-corrected chi connectivity index (χ1v) is 10.8. The van der Waals surface area contributed by atoms with E-state index in [0.29, 0.717) is 17.9 Å². The molecule has 1 amide bonds. The summed E-state index contributed by atoms with van der Waals surface area (Å²) in [6, 6.07) is 26.4. The van der Waals surface area contributed by atoms with Crippen LogP contribution in [0, 0.1) is 0 Å². The van der Waals surface area contributed by atoms with Crippen LogP contribution in [0.2, 0.25) is 0 Å². The van der Waals surface area contributed by atoms with Crippen LogP contribution < -0.4 is 10.1 Å². The topological polar surface area (TPSA) is 88.8 Å². The number of fused-ring (bicyclic) bond motifs is 1. The molecule has 168 valence electrons. The molecule has 3 aromatic carbocycles. The minimum absolute atomic E-state index is 0.0451. The molecular formula is C27H22N4O3. The zero-order chi connectivity index (χ0) is 23.3. The number of hydrogen-bond donors (Lipinski definition) is 2. The van der Waals surface area contributed by atoms with Gasteiger partial charge < -0.3 is 15.2 Å². The second-order valence-corrected chi connectivity index (χ2v) is 7.75. The Morgan fingerprint density at radius 1 is 0.912 bits per heavy atom. The minimum Gasteiger partial charge on any atom is -0.489 e. The Labute approximate surface area is 196 Å². The second-order valence-electron chi connectivity index (χ2n) is 7.75. The summed E-state index contributed by atoms with van der Waals surface area (Å²) in [4.78, 5) is 17.3. The summed E-state index contributed by atoms with van der Waals surface area (Å²) in [5.74, 6) is 0.445. The van der Waals surface area contributed by atoms with Crippen LogP contribution in [0.5, 0.6) is 5.75 Å². The Morgan fingerprint density at radius 3 is 2.41 bits per heavy atom. The van der Waals surface area contributed by atoms with Crippen LogP contribution in [0.25, 0.3) is 16.8 Å². The highest BCUT2D eigenvalue weighted by Gasteiger charge is 2.13. The SMILES string of the molecule is O=C(Nc1ccc(CO)cc1)c1ccn2ncc(-c3ccc(OCc4ccccc4)cc3)c2n1. The minimum atomic E-state index is -0.323. The van der Waals surface area contributed by atoms with Gasteiger partial charge >= 0.3 is 0 Å². The molecule has 2 aromatic heterocycles. The number of aliphatic hydroxyl groups excluding tert-OH is 1. The zero-order valence-corrected chi connectivity index (χ0v) is 18.3. The van der Waals surface area contributed by atoms with Crippen LogP contribution in [-0.4, -0.2) is 25.6 Å². The highest BCUT2D eigenvalue weighted by molar-refractivity contribution is 6.03. The monoisotopic (exact) mass is 450 g/mol. The lowest BCUT2D eigenvalue weighted by molar-refractivity contribution is 0.102. The summed E-state index contributed by atoms with van der Waals surface area (Å²) in [5.41, 5.74) is 5.11. The predicted molar refractivity (Wildman–Crippen MR) is 130 cm³/mol. The highest BCUT2D eigenvalue weighted by Crippen LogP contribution is 2.26. The molecule has 2 heterocycles. The Morgan fingerprint density at radius 2 is 1.68 bits per heavy atom. The van der Waals surface area contributed by atoms with Crippen molar-refractivity contribution >= 4 is 17.2 Å². The van der Waals surface area contributed by atoms with Crippen LogP contribution in [0.3, 0.4) is 0 Å². The molecule has 0 fully saturated rings. The standard InChI is InChI=1S/C27H22N4O3/c32-17-19-6-10-22(11-7-19)29-27(33)25-14-15-31-26(30-25)24(16-28-31)21-8-12-23(13-9-21)34-18-20-4-2-1-3-5-20/h1-16,32H,17-18H2,(H,29,33). The first-order valence-electron chi connectivity index (χ1n) is 10.8. The van der Waals surface area contributed by atoms with Crippen molar-refractivity contribution in [3.8, 4) is 16.9 Å². The van der Waals surface area contributed by atoms with Gasteiger partial charge in [0.15, 0.2) is 5.65 Å². The van der Waals surface area contributed by atoms with E-state index in [9.17, 15) is 4.79 Å². The fourth-order valence-corrected chi connectivity index (χ4v) is 3.56. The third-order valence-electron chi connectivity index (χ3n) is 5.41. The number of ether oxygens (including phenoxy) is 1. The van der Waals surface area contributed by atoms with E-state index < -0.39 is 0 Å². The van der Waals surface area contributed by atoms with Gasteiger partial charge in [-0.25, -0.2) is 9.50 Å². The van der Waals surface area contributed by atoms with E-state index in [4.69, 9.17) is 9.84 Å². The Bertz CT molecular complexity index is 1410. The number of aliphatic hydroxyl groups is 1. The molecule has 34 heavy (non-hydrogen) atoms. The quantitative estimate of drug-likeness (QED) is 0.375. The van der Waals surface area contributed by atoms with Crippen molar-refractivity contribution in [2.45, 2.75) is 13.2 Å². The second kappa shape index (κ2) is 9.56. The Kier molecular flexibility index (Phi) is 6.01. The van der Waals surface area contributed by atoms with Gasteiger partial charge in [0.05, 0.1) is 12.8 Å². The van der Waals surface area contributed by atoms with E-state index in [1.807, 2.05) is 54.6 Å². The molecule has 0 unspecified atom stereocenters. The first-order chi connectivity index (χ1) is 16.7. The lowest BCUT2D eigenvalue weighted by Crippen LogP contribution is -2.14. The summed E-state index contributed by atoms with van der Waals surface area (Å²) in [6.45, 7) is 0.455. The van der Waals surface area contributed by atoms with E-state index >= 15 is 0 Å². The normalized spacial score (nSPS) is 10.9. The predicted octanol–water partition coefficient (Wildman–Crippen LogP) is 4.72. The van der Waals surface area contributed by atoms with Gasteiger partial charge in [-0.1, -0.05) is 54.6 Å². The van der Waals surface area contributed by atoms with Gasteiger partial charge in [0.2, 0.25) is 0 Å². The molecule has 0 aliphatic heterocycles. The molecule has 0 saturated heterocycles. The number of amides is 1. The van der Waals surface area contributed by atoms with Crippen molar-refractivity contribution in [2.24, 2.45) is 0 Å². The maximum absolute atomic E-state index is 12.7. The average Bonchev–Trinajstić information content (AvgIpc) is 3.32. The molecule has 0 atom stereocenters. The van der Waals surface area contributed by atoms with Crippen LogP contribution in [0.4, 0.5) is 5.69 Å². The summed E-state index contributed by atoms with van der Waals surface area (Å²) < 4.78 is 7.51. The molecule has 0 bridgehead atoms. The van der Waals surface area contributed by atoms with Gasteiger partial charge in [0.1, 0.15) is 18.1 Å². The number of carbonyl (C=O) groups excluding carboxylic acids is 1. The van der Waals surface area contributed by atoms with Crippen molar-refractivity contribution in [3.05, 3.63) is 114 Å². The van der Waals surface area contributed by atoms with Crippen LogP contribution in [-0.2, 0) is 13.2 Å². The van der Waals surface area contributed by atoms with E-state index in [2.05, 4.69) is 15.4 Å². The van der Waals surface area contributed by atoms with E-state index in [1.165, 1.54) is 0 Å². The maximum Gasteiger partial charge on any atom is 0.274 e. The molecule has 2 N–H and O–H groups in total. The van der Waals surface area contributed by atoms with E-state index in [0.717, 1.165) is 28.0 Å². The summed E-state index contributed by atoms with van der Waals surface area (Å²) in [6.07, 6.45) is 3.45. The van der Waals surface area contributed by atoms with Gasteiger partial charge in [-0.15, -0.1) is 0 Å². The van der Waals surface area contributed by atoms with Gasteiger partial charge in [0, 0.05) is 17.4 Å². The van der Waals surface area contributed by atoms with Gasteiger partial charge in [0.25, 0.3) is 5.91 Å². The smallest absolute Gasteiger partial charge is 0.274 e. The Balaban J connectivity index is 1.33. The fourth-order valence-electron chi connectivity index (χ4n) is 3.56. The highest BCUT2D eigenvalue weighted by atomic mass is 16.5. The largest absolute Gasteiger partial charge is 0.489 e. The van der Waals surface area contributed by atoms with E-state index in [1.54, 1.807) is 47.2 Å². The fraction of sp³-hybridized carbons (Fsp3) is 0.0741. The average molecular weight is 450 g/mol.